The number of allylic oxidation sites excluding steroid dienone is 2. The van der Waals surface area contributed by atoms with E-state index < -0.39 is 0 Å². The van der Waals surface area contributed by atoms with E-state index in [4.69, 9.17) is 11.5 Å². The second kappa shape index (κ2) is 12.3. The van der Waals surface area contributed by atoms with Crippen molar-refractivity contribution in [3.8, 4) is 0 Å². The molecule has 0 radical (unpaired) electrons. The number of nitrogens with two attached hydrogens (primary N) is 2. The molecule has 1 atom stereocenters. The van der Waals surface area contributed by atoms with E-state index >= 15 is 0 Å². The van der Waals surface area contributed by atoms with Gasteiger partial charge in [0.1, 0.15) is 0 Å². The Bertz CT molecular complexity index is 2100. The molecule has 4 N–H and O–H groups in total. The maximum atomic E-state index is 6.79. The SMILES string of the molecule is C1=NC=C1C1=CC=N1.CC.N/C(=C\C(N)c1cc2ccccc2c2ccccc12)c1cc2ccccc2c2ccccc12. The van der Waals surface area contributed by atoms with E-state index in [-0.39, 0.29) is 6.04 Å². The van der Waals surface area contributed by atoms with E-state index in [9.17, 15) is 0 Å². The van der Waals surface area contributed by atoms with Gasteiger partial charge in [0.15, 0.2) is 0 Å². The third-order valence-electron chi connectivity index (χ3n) is 7.77. The Labute approximate surface area is 252 Å². The molecule has 0 fully saturated rings. The Morgan fingerprint density at radius 3 is 1.67 bits per heavy atom. The number of aliphatic imine (C=N–C) groups is 2. The molecule has 6 aromatic rings. The summed E-state index contributed by atoms with van der Waals surface area (Å²) in [6.07, 6.45) is 9.36. The summed E-state index contributed by atoms with van der Waals surface area (Å²) in [4.78, 5) is 7.77. The minimum atomic E-state index is -0.329. The quantitative estimate of drug-likeness (QED) is 0.212. The van der Waals surface area contributed by atoms with Crippen molar-refractivity contribution < 1.29 is 0 Å². The molecule has 4 heteroatoms. The zero-order chi connectivity index (χ0) is 29.8. The number of nitrogens with zero attached hydrogens (tertiary/aromatic N) is 2. The van der Waals surface area contributed by atoms with Crippen LogP contribution in [0.25, 0.3) is 48.8 Å². The molecule has 0 bridgehead atoms. The average Bonchev–Trinajstić information content (AvgIpc) is 3.02. The van der Waals surface area contributed by atoms with Crippen LogP contribution in [0.4, 0.5) is 0 Å². The monoisotopic (exact) mass is 558 g/mol. The van der Waals surface area contributed by atoms with Gasteiger partial charge in [0, 0.05) is 35.5 Å². The maximum Gasteiger partial charge on any atom is 0.0748 e. The Hall–Kier alpha value is -5.32. The molecule has 0 aliphatic carbocycles. The van der Waals surface area contributed by atoms with E-state index in [0.717, 1.165) is 33.2 Å². The molecule has 0 saturated heterocycles. The first-order valence-corrected chi connectivity index (χ1v) is 14.7. The minimum absolute atomic E-state index is 0.329. The van der Waals surface area contributed by atoms with Gasteiger partial charge in [-0.2, -0.15) is 0 Å². The molecule has 8 rings (SSSR count). The fourth-order valence-corrected chi connectivity index (χ4v) is 5.63. The number of benzene rings is 6. The topological polar surface area (TPSA) is 76.8 Å². The Balaban J connectivity index is 0.000000280. The fraction of sp³-hybridized carbons (Fsp3) is 0.0769. The van der Waals surface area contributed by atoms with Gasteiger partial charge in [-0.25, -0.2) is 0 Å². The molecule has 210 valence electrons. The highest BCUT2D eigenvalue weighted by molar-refractivity contribution is 6.12. The number of hydrogen-bond acceptors (Lipinski definition) is 4. The van der Waals surface area contributed by atoms with Gasteiger partial charge in [0.25, 0.3) is 0 Å². The van der Waals surface area contributed by atoms with Gasteiger partial charge in [0.05, 0.1) is 11.7 Å². The highest BCUT2D eigenvalue weighted by Crippen LogP contribution is 2.34. The Morgan fingerprint density at radius 1 is 0.674 bits per heavy atom. The summed E-state index contributed by atoms with van der Waals surface area (Å²) in [5, 5.41) is 9.54. The Kier molecular flexibility index (Phi) is 7.94. The standard InChI is InChI=1S/C31H24N2.C6H4N2.C2H6/c32-30(28-17-20-9-1-3-11-22(20)24-13-5-7-15-26(24)28)19-31(33)29-18-21-10-2-4-12-23(21)25-14-6-8-16-27(25)29;1-2-8-6(1)5-3-7-4-5;1-2/h1-19,30H,32-33H2;1-4H;1-2H3/b31-19-;;. The van der Waals surface area contributed by atoms with Gasteiger partial charge in [-0.3, -0.25) is 9.98 Å². The largest absolute Gasteiger partial charge is 0.398 e. The maximum absolute atomic E-state index is 6.79. The van der Waals surface area contributed by atoms with E-state index in [1.165, 1.54) is 32.3 Å². The third-order valence-corrected chi connectivity index (χ3v) is 7.77. The highest BCUT2D eigenvalue weighted by atomic mass is 14.8. The summed E-state index contributed by atoms with van der Waals surface area (Å²) in [5.74, 6) is 0. The summed E-state index contributed by atoms with van der Waals surface area (Å²) in [7, 11) is 0. The van der Waals surface area contributed by atoms with Gasteiger partial charge in [0.2, 0.25) is 0 Å². The van der Waals surface area contributed by atoms with Crippen LogP contribution < -0.4 is 11.5 Å². The first kappa shape index (κ1) is 27.8. The number of fused-ring (bicyclic) bond motifs is 6. The summed E-state index contributed by atoms with van der Waals surface area (Å²) in [6.45, 7) is 4.00. The molecule has 0 aromatic heterocycles. The summed E-state index contributed by atoms with van der Waals surface area (Å²) >= 11 is 0. The lowest BCUT2D eigenvalue weighted by molar-refractivity contribution is 0.924. The van der Waals surface area contributed by atoms with Gasteiger partial charge in [-0.15, -0.1) is 0 Å². The second-order valence-electron chi connectivity index (χ2n) is 10.3. The van der Waals surface area contributed by atoms with E-state index in [2.05, 4.69) is 119 Å². The molecular weight excluding hydrogens is 524 g/mol. The molecule has 2 aliphatic heterocycles. The van der Waals surface area contributed by atoms with E-state index in [1.54, 1.807) is 6.21 Å². The van der Waals surface area contributed by atoms with Crippen molar-refractivity contribution in [3.63, 3.8) is 0 Å². The van der Waals surface area contributed by atoms with Crippen LogP contribution in [0.3, 0.4) is 0 Å². The highest BCUT2D eigenvalue weighted by Gasteiger charge is 2.14. The molecule has 1 unspecified atom stereocenters. The summed E-state index contributed by atoms with van der Waals surface area (Å²) in [5.41, 5.74) is 18.5. The molecule has 0 amide bonds. The van der Waals surface area contributed by atoms with Crippen LogP contribution in [-0.2, 0) is 0 Å². The van der Waals surface area contributed by atoms with Crippen LogP contribution in [0.1, 0.15) is 31.0 Å². The van der Waals surface area contributed by atoms with Gasteiger partial charge >= 0.3 is 0 Å². The first-order chi connectivity index (χ1) is 21.2. The number of rotatable bonds is 4. The van der Waals surface area contributed by atoms with Crippen molar-refractivity contribution >= 4 is 61.2 Å². The van der Waals surface area contributed by atoms with Crippen molar-refractivity contribution in [1.82, 2.24) is 0 Å². The molecule has 6 aromatic carbocycles. The molecular formula is C39H34N4. The molecule has 2 aliphatic rings. The van der Waals surface area contributed by atoms with Gasteiger partial charge in [-0.1, -0.05) is 111 Å². The predicted molar refractivity (Wildman–Crippen MR) is 186 cm³/mol. The van der Waals surface area contributed by atoms with Crippen LogP contribution >= 0.6 is 0 Å². The van der Waals surface area contributed by atoms with Gasteiger partial charge < -0.3 is 11.5 Å². The minimum Gasteiger partial charge on any atom is -0.398 e. The molecule has 0 saturated carbocycles. The normalized spacial score (nSPS) is 14.2. The van der Waals surface area contributed by atoms with Crippen LogP contribution in [0, 0.1) is 0 Å². The molecule has 43 heavy (non-hydrogen) atoms. The van der Waals surface area contributed by atoms with Crippen molar-refractivity contribution in [2.75, 3.05) is 0 Å². The van der Waals surface area contributed by atoms with Crippen LogP contribution in [0.15, 0.2) is 149 Å². The van der Waals surface area contributed by atoms with Crippen molar-refractivity contribution in [1.29, 1.82) is 0 Å². The predicted octanol–water partition coefficient (Wildman–Crippen LogP) is 9.25. The average molecular weight is 559 g/mol. The zero-order valence-corrected chi connectivity index (χ0v) is 24.4. The van der Waals surface area contributed by atoms with Crippen molar-refractivity contribution in [3.05, 3.63) is 150 Å². The van der Waals surface area contributed by atoms with Crippen molar-refractivity contribution in [2.45, 2.75) is 19.9 Å². The van der Waals surface area contributed by atoms with Crippen LogP contribution in [0.5, 0.6) is 0 Å². The van der Waals surface area contributed by atoms with Gasteiger partial charge in [-0.05, 0) is 72.9 Å². The summed E-state index contributed by atoms with van der Waals surface area (Å²) in [6, 6.07) is 37.8. The lowest BCUT2D eigenvalue weighted by Gasteiger charge is -2.16. The number of hydrogen-bond donors (Lipinski definition) is 2. The first-order valence-electron chi connectivity index (χ1n) is 14.7. The second-order valence-corrected chi connectivity index (χ2v) is 10.3. The Morgan fingerprint density at radius 2 is 1.16 bits per heavy atom. The zero-order valence-electron chi connectivity index (χ0n) is 24.4. The lowest BCUT2D eigenvalue weighted by Crippen LogP contribution is -2.11. The van der Waals surface area contributed by atoms with Crippen LogP contribution in [0.2, 0.25) is 0 Å². The molecule has 0 spiro atoms. The fourth-order valence-electron chi connectivity index (χ4n) is 5.63. The van der Waals surface area contributed by atoms with Crippen molar-refractivity contribution in [2.24, 2.45) is 21.5 Å². The van der Waals surface area contributed by atoms with E-state index in [1.807, 2.05) is 38.4 Å². The summed E-state index contributed by atoms with van der Waals surface area (Å²) < 4.78 is 0. The van der Waals surface area contributed by atoms with E-state index in [0.29, 0.717) is 5.70 Å². The smallest absolute Gasteiger partial charge is 0.0748 e. The molecule has 4 nitrogen and oxygen atoms in total. The molecule has 2 heterocycles. The third kappa shape index (κ3) is 5.36. The lowest BCUT2D eigenvalue weighted by atomic mass is 9.92. The van der Waals surface area contributed by atoms with Crippen LogP contribution in [-0.4, -0.2) is 12.4 Å².